The molecule has 2 aromatic rings. The van der Waals surface area contributed by atoms with Crippen molar-refractivity contribution in [1.82, 2.24) is 15.4 Å². The van der Waals surface area contributed by atoms with Crippen LogP contribution in [0.15, 0.2) is 42.6 Å². The molecule has 0 unspecified atom stereocenters. The average molecular weight is 353 g/mol. The SMILES string of the molecule is COc1ccnc(NNC(=O)/C=C/c2ccc(N3CCCC3=O)cc2)n1. The van der Waals surface area contributed by atoms with Crippen LogP contribution in [0.2, 0.25) is 0 Å². The Labute approximate surface area is 150 Å². The van der Waals surface area contributed by atoms with E-state index >= 15 is 0 Å². The lowest BCUT2D eigenvalue weighted by molar-refractivity contribution is -0.117. The maximum Gasteiger partial charge on any atom is 0.262 e. The number of hydrazine groups is 1. The fraction of sp³-hybridized carbons (Fsp3) is 0.222. The van der Waals surface area contributed by atoms with Crippen molar-refractivity contribution in [2.75, 3.05) is 24.0 Å². The monoisotopic (exact) mass is 353 g/mol. The van der Waals surface area contributed by atoms with Crippen LogP contribution in [0.4, 0.5) is 11.6 Å². The molecule has 1 aromatic heterocycles. The Bertz CT molecular complexity index is 820. The second-order valence-electron chi connectivity index (χ2n) is 5.61. The summed E-state index contributed by atoms with van der Waals surface area (Å²) in [4.78, 5) is 33.4. The van der Waals surface area contributed by atoms with E-state index in [4.69, 9.17) is 4.74 Å². The molecule has 134 valence electrons. The lowest BCUT2D eigenvalue weighted by Gasteiger charge is -2.15. The molecule has 1 aliphatic rings. The van der Waals surface area contributed by atoms with Gasteiger partial charge in [0.15, 0.2) is 0 Å². The molecule has 0 aliphatic carbocycles. The van der Waals surface area contributed by atoms with Crippen LogP contribution in [-0.4, -0.2) is 35.4 Å². The molecule has 1 aliphatic heterocycles. The second-order valence-corrected chi connectivity index (χ2v) is 5.61. The van der Waals surface area contributed by atoms with Crippen LogP contribution in [0.25, 0.3) is 6.08 Å². The molecule has 0 atom stereocenters. The van der Waals surface area contributed by atoms with E-state index in [0.717, 1.165) is 24.2 Å². The second kappa shape index (κ2) is 8.11. The molecule has 0 saturated carbocycles. The first-order chi connectivity index (χ1) is 12.7. The summed E-state index contributed by atoms with van der Waals surface area (Å²) < 4.78 is 4.98. The molecule has 8 heteroatoms. The third kappa shape index (κ3) is 4.35. The summed E-state index contributed by atoms with van der Waals surface area (Å²) in [6.07, 6.45) is 6.08. The van der Waals surface area contributed by atoms with Gasteiger partial charge in [0.1, 0.15) is 0 Å². The number of hydrogen-bond donors (Lipinski definition) is 2. The molecule has 0 spiro atoms. The van der Waals surface area contributed by atoms with Crippen molar-refractivity contribution in [2.45, 2.75) is 12.8 Å². The van der Waals surface area contributed by atoms with Gasteiger partial charge in [-0.15, -0.1) is 0 Å². The van der Waals surface area contributed by atoms with Crippen molar-refractivity contribution in [3.05, 3.63) is 48.2 Å². The van der Waals surface area contributed by atoms with E-state index in [2.05, 4.69) is 20.8 Å². The molecular weight excluding hydrogens is 334 g/mol. The van der Waals surface area contributed by atoms with Crippen molar-refractivity contribution in [1.29, 1.82) is 0 Å². The molecule has 0 bridgehead atoms. The fourth-order valence-corrected chi connectivity index (χ4v) is 2.53. The van der Waals surface area contributed by atoms with E-state index in [-0.39, 0.29) is 17.8 Å². The van der Waals surface area contributed by atoms with Gasteiger partial charge < -0.3 is 9.64 Å². The molecule has 8 nitrogen and oxygen atoms in total. The number of nitrogens with zero attached hydrogens (tertiary/aromatic N) is 3. The number of ether oxygens (including phenoxy) is 1. The Morgan fingerprint density at radius 3 is 2.77 bits per heavy atom. The summed E-state index contributed by atoms with van der Waals surface area (Å²) in [5, 5.41) is 0. The Morgan fingerprint density at radius 1 is 1.27 bits per heavy atom. The first-order valence-corrected chi connectivity index (χ1v) is 8.17. The Kier molecular flexibility index (Phi) is 5.43. The van der Waals surface area contributed by atoms with Crippen LogP contribution >= 0.6 is 0 Å². The number of benzene rings is 1. The van der Waals surface area contributed by atoms with E-state index in [1.54, 1.807) is 17.0 Å². The summed E-state index contributed by atoms with van der Waals surface area (Å²) in [6.45, 7) is 0.758. The molecule has 26 heavy (non-hydrogen) atoms. The van der Waals surface area contributed by atoms with Crippen LogP contribution in [0.5, 0.6) is 5.88 Å². The largest absolute Gasteiger partial charge is 0.481 e. The first-order valence-electron chi connectivity index (χ1n) is 8.17. The van der Waals surface area contributed by atoms with Crippen molar-refractivity contribution < 1.29 is 14.3 Å². The number of rotatable bonds is 6. The number of carbonyl (C=O) groups is 2. The highest BCUT2D eigenvalue weighted by atomic mass is 16.5. The van der Waals surface area contributed by atoms with Crippen LogP contribution in [0.3, 0.4) is 0 Å². The van der Waals surface area contributed by atoms with E-state index in [1.807, 2.05) is 24.3 Å². The zero-order chi connectivity index (χ0) is 18.4. The Morgan fingerprint density at radius 2 is 2.08 bits per heavy atom. The molecule has 2 N–H and O–H groups in total. The number of anilines is 2. The van der Waals surface area contributed by atoms with Crippen LogP contribution < -0.4 is 20.5 Å². The minimum atomic E-state index is -0.352. The lowest BCUT2D eigenvalue weighted by Crippen LogP contribution is -2.28. The normalized spacial score (nSPS) is 13.9. The summed E-state index contributed by atoms with van der Waals surface area (Å²) in [5.74, 6) is 0.420. The summed E-state index contributed by atoms with van der Waals surface area (Å²) >= 11 is 0. The smallest absolute Gasteiger partial charge is 0.262 e. The van der Waals surface area contributed by atoms with Gasteiger partial charge in [-0.25, -0.2) is 4.98 Å². The van der Waals surface area contributed by atoms with Crippen LogP contribution in [0, 0.1) is 0 Å². The number of hydrogen-bond acceptors (Lipinski definition) is 6. The highest BCUT2D eigenvalue weighted by molar-refractivity contribution is 5.95. The molecule has 1 fully saturated rings. The highest BCUT2D eigenvalue weighted by Crippen LogP contribution is 2.21. The van der Waals surface area contributed by atoms with Crippen LogP contribution in [0.1, 0.15) is 18.4 Å². The molecule has 3 rings (SSSR count). The van der Waals surface area contributed by atoms with Crippen LogP contribution in [-0.2, 0) is 9.59 Å². The third-order valence-electron chi connectivity index (χ3n) is 3.84. The Hall–Kier alpha value is -3.42. The number of nitrogens with one attached hydrogen (secondary N) is 2. The number of carbonyl (C=O) groups excluding carboxylic acids is 2. The summed E-state index contributed by atoms with van der Waals surface area (Å²) in [7, 11) is 1.50. The van der Waals surface area contributed by atoms with Gasteiger partial charge in [-0.05, 0) is 30.2 Å². The standard InChI is InChI=1S/C18H19N5O3/c1-26-16-10-11-19-18(20-16)22-21-15(24)9-6-13-4-7-14(8-5-13)23-12-2-3-17(23)25/h4-11H,2-3,12H2,1H3,(H,21,24)(H,19,20,22)/b9-6+. The maximum absolute atomic E-state index is 11.9. The Balaban J connectivity index is 1.53. The van der Waals surface area contributed by atoms with Gasteiger partial charge in [-0.1, -0.05) is 12.1 Å². The molecule has 1 saturated heterocycles. The lowest BCUT2D eigenvalue weighted by atomic mass is 10.2. The van der Waals surface area contributed by atoms with Gasteiger partial charge in [0.2, 0.25) is 17.7 Å². The van der Waals surface area contributed by atoms with Gasteiger partial charge in [0, 0.05) is 37.0 Å². The fourth-order valence-electron chi connectivity index (χ4n) is 2.53. The molecule has 0 radical (unpaired) electrons. The van der Waals surface area contributed by atoms with E-state index in [0.29, 0.717) is 12.3 Å². The number of aromatic nitrogens is 2. The zero-order valence-electron chi connectivity index (χ0n) is 14.3. The summed E-state index contributed by atoms with van der Waals surface area (Å²) in [6, 6.07) is 9.09. The average Bonchev–Trinajstić information content (AvgIpc) is 3.11. The zero-order valence-corrected chi connectivity index (χ0v) is 14.3. The molecule has 2 amide bonds. The predicted molar refractivity (Wildman–Crippen MR) is 97.4 cm³/mol. The quantitative estimate of drug-likeness (QED) is 0.607. The van der Waals surface area contributed by atoms with E-state index < -0.39 is 0 Å². The first kappa shape index (κ1) is 17.4. The van der Waals surface area contributed by atoms with Crippen molar-refractivity contribution >= 4 is 29.5 Å². The van der Waals surface area contributed by atoms with Gasteiger partial charge in [-0.3, -0.25) is 20.4 Å². The van der Waals surface area contributed by atoms with Crippen molar-refractivity contribution in [3.8, 4) is 5.88 Å². The molecule has 1 aromatic carbocycles. The van der Waals surface area contributed by atoms with Gasteiger partial charge in [-0.2, -0.15) is 4.98 Å². The van der Waals surface area contributed by atoms with Gasteiger partial charge in [0.25, 0.3) is 5.91 Å². The van der Waals surface area contributed by atoms with Gasteiger partial charge in [0.05, 0.1) is 7.11 Å². The molecular formula is C18H19N5O3. The number of methoxy groups -OCH3 is 1. The summed E-state index contributed by atoms with van der Waals surface area (Å²) in [5.41, 5.74) is 6.82. The predicted octanol–water partition coefficient (Wildman–Crippen LogP) is 1.77. The van der Waals surface area contributed by atoms with E-state index in [1.165, 1.54) is 19.4 Å². The number of amides is 2. The van der Waals surface area contributed by atoms with Crippen molar-refractivity contribution in [3.63, 3.8) is 0 Å². The molecule has 2 heterocycles. The van der Waals surface area contributed by atoms with Gasteiger partial charge >= 0.3 is 0 Å². The van der Waals surface area contributed by atoms with E-state index in [9.17, 15) is 9.59 Å². The minimum Gasteiger partial charge on any atom is -0.481 e. The van der Waals surface area contributed by atoms with Crippen molar-refractivity contribution in [2.24, 2.45) is 0 Å². The highest BCUT2D eigenvalue weighted by Gasteiger charge is 2.21. The minimum absolute atomic E-state index is 0.151. The maximum atomic E-state index is 11.9. The topological polar surface area (TPSA) is 96.5 Å². The third-order valence-corrected chi connectivity index (χ3v) is 3.84.